The van der Waals surface area contributed by atoms with Crippen LogP contribution in [0, 0.1) is 0 Å². The van der Waals surface area contributed by atoms with Gasteiger partial charge >= 0.3 is 11.9 Å². The van der Waals surface area contributed by atoms with Crippen LogP contribution in [0.4, 0.5) is 0 Å². The van der Waals surface area contributed by atoms with E-state index in [2.05, 4.69) is 9.72 Å². The zero-order valence-corrected chi connectivity index (χ0v) is 11.4. The molecule has 0 bridgehead atoms. The Bertz CT molecular complexity index is 835. The Hall–Kier alpha value is -2.82. The molecule has 3 rings (SSSR count). The number of carbonyl (C=O) groups is 2. The largest absolute Gasteiger partial charge is 0.469 e. The molecule has 2 aromatic carbocycles. The third-order valence-corrected chi connectivity index (χ3v) is 3.23. The lowest BCUT2D eigenvalue weighted by molar-refractivity contribution is -0.148. The maximum atomic E-state index is 11.6. The third kappa shape index (κ3) is 2.58. The molecule has 21 heavy (non-hydrogen) atoms. The van der Waals surface area contributed by atoms with Gasteiger partial charge in [0, 0.05) is 22.4 Å². The molecule has 0 atom stereocenters. The molecule has 0 aliphatic heterocycles. The van der Waals surface area contributed by atoms with E-state index in [1.54, 1.807) is 12.1 Å². The molecule has 0 spiro atoms. The molecule has 0 saturated carbocycles. The lowest BCUT2D eigenvalue weighted by atomic mass is 10.1. The van der Waals surface area contributed by atoms with Crippen molar-refractivity contribution in [2.75, 3.05) is 7.11 Å². The van der Waals surface area contributed by atoms with Crippen LogP contribution in [0.5, 0.6) is 5.75 Å². The Balaban J connectivity index is 1.89. The number of fused-ring (bicyclic) bond motifs is 3. The summed E-state index contributed by atoms with van der Waals surface area (Å²) in [6.07, 6.45) is -0.402. The van der Waals surface area contributed by atoms with Gasteiger partial charge in [-0.2, -0.15) is 0 Å². The SMILES string of the molecule is COC(=O)CC(=O)Oc1ccc2c(c1)[nH]c1ccccc12. The van der Waals surface area contributed by atoms with E-state index in [1.165, 1.54) is 7.11 Å². The van der Waals surface area contributed by atoms with Crippen LogP contribution in [-0.4, -0.2) is 24.0 Å². The average Bonchev–Trinajstić information content (AvgIpc) is 2.84. The summed E-state index contributed by atoms with van der Waals surface area (Å²) < 4.78 is 9.55. The minimum Gasteiger partial charge on any atom is -0.469 e. The summed E-state index contributed by atoms with van der Waals surface area (Å²) in [5, 5.41) is 2.17. The van der Waals surface area contributed by atoms with E-state index in [4.69, 9.17) is 4.74 Å². The summed E-state index contributed by atoms with van der Waals surface area (Å²) in [7, 11) is 1.23. The average molecular weight is 283 g/mol. The van der Waals surface area contributed by atoms with Crippen LogP contribution in [0.2, 0.25) is 0 Å². The highest BCUT2D eigenvalue weighted by Gasteiger charge is 2.12. The highest BCUT2D eigenvalue weighted by atomic mass is 16.5. The molecule has 5 nitrogen and oxygen atoms in total. The molecule has 3 aromatic rings. The maximum Gasteiger partial charge on any atom is 0.322 e. The van der Waals surface area contributed by atoms with E-state index in [0.717, 1.165) is 21.8 Å². The quantitative estimate of drug-likeness (QED) is 0.456. The second kappa shape index (κ2) is 5.28. The number of esters is 2. The normalized spacial score (nSPS) is 10.7. The van der Waals surface area contributed by atoms with Crippen LogP contribution in [0.25, 0.3) is 21.8 Å². The third-order valence-electron chi connectivity index (χ3n) is 3.23. The maximum absolute atomic E-state index is 11.6. The number of H-pyrrole nitrogens is 1. The standard InChI is InChI=1S/C16H13NO4/c1-20-15(18)9-16(19)21-10-6-7-12-11-4-2-3-5-13(11)17-14(12)8-10/h2-8,17H,9H2,1H3. The van der Waals surface area contributed by atoms with Crippen LogP contribution in [0.3, 0.4) is 0 Å². The Morgan fingerprint density at radius 2 is 1.76 bits per heavy atom. The van der Waals surface area contributed by atoms with Crippen molar-refractivity contribution in [2.24, 2.45) is 0 Å². The molecule has 5 heteroatoms. The summed E-state index contributed by atoms with van der Waals surface area (Å²) in [4.78, 5) is 25.8. The Labute approximate surface area is 120 Å². The second-order valence-corrected chi connectivity index (χ2v) is 4.60. The van der Waals surface area contributed by atoms with Gasteiger partial charge in [-0.1, -0.05) is 18.2 Å². The molecule has 0 radical (unpaired) electrons. The number of carbonyl (C=O) groups excluding carboxylic acids is 2. The summed E-state index contributed by atoms with van der Waals surface area (Å²) >= 11 is 0. The van der Waals surface area contributed by atoms with Gasteiger partial charge in [-0.3, -0.25) is 9.59 Å². The molecule has 1 aromatic heterocycles. The van der Waals surface area contributed by atoms with E-state index in [9.17, 15) is 9.59 Å². The number of nitrogens with one attached hydrogen (secondary N) is 1. The molecule has 106 valence electrons. The Morgan fingerprint density at radius 3 is 2.57 bits per heavy atom. The van der Waals surface area contributed by atoms with Crippen LogP contribution in [-0.2, 0) is 14.3 Å². The summed E-state index contributed by atoms with van der Waals surface area (Å²) in [6.45, 7) is 0. The van der Waals surface area contributed by atoms with Crippen molar-refractivity contribution < 1.29 is 19.1 Å². The van der Waals surface area contributed by atoms with Gasteiger partial charge in [0.2, 0.25) is 0 Å². The minimum atomic E-state index is -0.641. The van der Waals surface area contributed by atoms with Gasteiger partial charge in [-0.05, 0) is 18.2 Å². The number of aromatic nitrogens is 1. The molecule has 0 amide bonds. The summed E-state index contributed by atoms with van der Waals surface area (Å²) in [5.74, 6) is -0.869. The molecule has 1 heterocycles. The smallest absolute Gasteiger partial charge is 0.322 e. The highest BCUT2D eigenvalue weighted by molar-refractivity contribution is 6.07. The van der Waals surface area contributed by atoms with Crippen LogP contribution < -0.4 is 4.74 Å². The second-order valence-electron chi connectivity index (χ2n) is 4.60. The fourth-order valence-corrected chi connectivity index (χ4v) is 2.25. The first-order chi connectivity index (χ1) is 10.2. The number of hydrogen-bond acceptors (Lipinski definition) is 4. The van der Waals surface area contributed by atoms with E-state index < -0.39 is 18.4 Å². The summed E-state index contributed by atoms with van der Waals surface area (Å²) in [5.41, 5.74) is 1.89. The zero-order chi connectivity index (χ0) is 14.8. The Kier molecular flexibility index (Phi) is 3.31. The van der Waals surface area contributed by atoms with Crippen LogP contribution in [0.15, 0.2) is 42.5 Å². The predicted molar refractivity (Wildman–Crippen MR) is 78.1 cm³/mol. The first-order valence-corrected chi connectivity index (χ1v) is 6.45. The lowest BCUT2D eigenvalue weighted by Crippen LogP contribution is -2.14. The molecular formula is C16H13NO4. The van der Waals surface area contributed by atoms with Crippen molar-refractivity contribution in [2.45, 2.75) is 6.42 Å². The van der Waals surface area contributed by atoms with Crippen molar-refractivity contribution in [3.8, 4) is 5.75 Å². The monoisotopic (exact) mass is 283 g/mol. The van der Waals surface area contributed by atoms with Crippen molar-refractivity contribution in [3.63, 3.8) is 0 Å². The first-order valence-electron chi connectivity index (χ1n) is 6.45. The fraction of sp³-hybridized carbons (Fsp3) is 0.125. The topological polar surface area (TPSA) is 68.4 Å². The van der Waals surface area contributed by atoms with E-state index in [1.807, 2.05) is 30.3 Å². The van der Waals surface area contributed by atoms with Crippen LogP contribution in [0.1, 0.15) is 6.42 Å². The van der Waals surface area contributed by atoms with Crippen LogP contribution >= 0.6 is 0 Å². The van der Waals surface area contributed by atoms with Gasteiger partial charge in [-0.15, -0.1) is 0 Å². The van der Waals surface area contributed by atoms with E-state index >= 15 is 0 Å². The molecule has 0 unspecified atom stereocenters. The molecule has 0 aliphatic carbocycles. The van der Waals surface area contributed by atoms with Crippen molar-refractivity contribution in [1.82, 2.24) is 4.98 Å². The van der Waals surface area contributed by atoms with Crippen molar-refractivity contribution in [1.29, 1.82) is 0 Å². The number of benzene rings is 2. The number of hydrogen-bond donors (Lipinski definition) is 1. The predicted octanol–water partition coefficient (Wildman–Crippen LogP) is 2.79. The number of methoxy groups -OCH3 is 1. The highest BCUT2D eigenvalue weighted by Crippen LogP contribution is 2.28. The molecule has 1 N–H and O–H groups in total. The Morgan fingerprint density at radius 1 is 1.00 bits per heavy atom. The molecule has 0 aliphatic rings. The zero-order valence-electron chi connectivity index (χ0n) is 11.4. The number of ether oxygens (including phenoxy) is 2. The van der Waals surface area contributed by atoms with Gasteiger partial charge in [0.25, 0.3) is 0 Å². The number of rotatable bonds is 3. The van der Waals surface area contributed by atoms with Gasteiger partial charge in [-0.25, -0.2) is 0 Å². The van der Waals surface area contributed by atoms with Gasteiger partial charge in [0.1, 0.15) is 12.2 Å². The summed E-state index contributed by atoms with van der Waals surface area (Å²) in [6, 6.07) is 13.3. The molecule has 0 saturated heterocycles. The fourth-order valence-electron chi connectivity index (χ4n) is 2.25. The number of para-hydroxylation sites is 1. The van der Waals surface area contributed by atoms with E-state index in [-0.39, 0.29) is 0 Å². The van der Waals surface area contributed by atoms with Gasteiger partial charge in [0.05, 0.1) is 12.6 Å². The van der Waals surface area contributed by atoms with Gasteiger partial charge < -0.3 is 14.5 Å². The molecular weight excluding hydrogens is 270 g/mol. The number of aromatic amines is 1. The van der Waals surface area contributed by atoms with Crippen molar-refractivity contribution in [3.05, 3.63) is 42.5 Å². The van der Waals surface area contributed by atoms with Crippen molar-refractivity contribution >= 4 is 33.7 Å². The van der Waals surface area contributed by atoms with E-state index in [0.29, 0.717) is 5.75 Å². The lowest BCUT2D eigenvalue weighted by Gasteiger charge is -2.03. The minimum absolute atomic E-state index is 0.392. The first kappa shape index (κ1) is 13.2. The molecule has 0 fully saturated rings. The van der Waals surface area contributed by atoms with Gasteiger partial charge in [0.15, 0.2) is 0 Å².